The van der Waals surface area contributed by atoms with Gasteiger partial charge in [-0.05, 0) is 104 Å². The largest absolute Gasteiger partial charge is 0.476 e. The molecule has 2 aromatic heterocycles. The molecule has 8 rings (SSSR count). The number of aromatic amines is 1. The first-order chi connectivity index (χ1) is 29.1. The molecule has 1 saturated heterocycles. The molecule has 1 aliphatic heterocycles. The highest BCUT2D eigenvalue weighted by molar-refractivity contribution is 7.91. The topological polar surface area (TPSA) is 164 Å². The number of ether oxygens (including phenoxy) is 2. The third-order valence-corrected chi connectivity index (χ3v) is 14.5. The number of primary amides is 1. The summed E-state index contributed by atoms with van der Waals surface area (Å²) in [6.07, 6.45) is 8.21. The Hall–Kier alpha value is -4.73. The van der Waals surface area contributed by atoms with E-state index in [1.807, 2.05) is 17.0 Å². The van der Waals surface area contributed by atoms with Crippen molar-refractivity contribution in [3.63, 3.8) is 0 Å². The Kier molecular flexibility index (Phi) is 12.4. The van der Waals surface area contributed by atoms with Crippen molar-refractivity contribution in [2.24, 2.45) is 17.1 Å². The number of anilines is 1. The van der Waals surface area contributed by atoms with Crippen molar-refractivity contribution < 1.29 is 32.2 Å². The number of pyridine rings is 1. The van der Waals surface area contributed by atoms with Crippen LogP contribution >= 0.6 is 23.2 Å². The molecule has 2 fully saturated rings. The number of hydrogen-bond donors (Lipinski definition) is 3. The van der Waals surface area contributed by atoms with Crippen LogP contribution in [0.2, 0.25) is 10.0 Å². The number of benzene rings is 3. The summed E-state index contributed by atoms with van der Waals surface area (Å²) in [6, 6.07) is 14.6. The van der Waals surface area contributed by atoms with Gasteiger partial charge in [-0.1, -0.05) is 54.8 Å². The molecule has 0 bridgehead atoms. The summed E-state index contributed by atoms with van der Waals surface area (Å²) < 4.78 is 57.4. The van der Waals surface area contributed by atoms with Crippen LogP contribution in [0.5, 0.6) is 17.4 Å². The number of allylic oxidation sites excluding steroid dienone is 1. The number of aliphatic hydroxyl groups excluding tert-OH is 1. The third kappa shape index (κ3) is 9.39. The van der Waals surface area contributed by atoms with Gasteiger partial charge in [-0.3, -0.25) is 14.8 Å². The van der Waals surface area contributed by atoms with Crippen molar-refractivity contribution in [3.8, 4) is 17.4 Å². The SMILES string of the molecule is CC1(C)CCC(CN2CCN(c3ccc(C(N)=O)c(Oc4cc(F)cc5[nH]ncc45)c3S(=O)(=O)c3cnc(OCC4CCC(O)CC4)c(Cl)c3)CC2)=C(c2ccc(Cl)cc2)C1. The molecule has 322 valence electrons. The lowest BCUT2D eigenvalue weighted by molar-refractivity contribution is 0.0908. The molecule has 12 nitrogen and oxygen atoms in total. The molecule has 61 heavy (non-hydrogen) atoms. The molecular formula is C45H49Cl2FN6O6S. The number of nitrogens with zero attached hydrogens (tertiary/aromatic N) is 4. The number of fused-ring (bicyclic) bond motifs is 1. The Bertz CT molecular complexity index is 2590. The molecule has 2 aliphatic carbocycles. The number of nitrogens with two attached hydrogens (primary N) is 1. The van der Waals surface area contributed by atoms with Gasteiger partial charge in [0.05, 0.1) is 52.2 Å². The molecule has 5 aromatic rings. The highest BCUT2D eigenvalue weighted by Crippen LogP contribution is 2.46. The monoisotopic (exact) mass is 890 g/mol. The van der Waals surface area contributed by atoms with Gasteiger partial charge < -0.3 is 25.2 Å². The standard InChI is InChI=1S/C45H49Cl2FN6O6S/c1-45(2)14-13-29(35(22-45)28-5-7-30(46)8-6-28)25-53-15-17-54(18-16-53)39-12-11-34(43(49)56)41(60-40-20-31(48)19-38-36(40)24-51-52-38)42(39)61(57,58)33-21-37(47)44(50-23-33)59-26-27-3-9-32(55)10-4-27/h5-8,11-12,19-21,23-24,27,32,55H,3-4,9-10,13-18,22,25-26H2,1-2H3,(H2,49,56)(H,51,52). The van der Waals surface area contributed by atoms with Gasteiger partial charge in [-0.15, -0.1) is 0 Å². The van der Waals surface area contributed by atoms with Gasteiger partial charge in [0.15, 0.2) is 5.75 Å². The quantitative estimate of drug-likeness (QED) is 0.110. The van der Waals surface area contributed by atoms with Crippen molar-refractivity contribution in [1.29, 1.82) is 0 Å². The van der Waals surface area contributed by atoms with Crippen molar-refractivity contribution in [2.75, 3.05) is 44.2 Å². The van der Waals surface area contributed by atoms with Crippen molar-refractivity contribution in [3.05, 3.63) is 99.6 Å². The summed E-state index contributed by atoms with van der Waals surface area (Å²) in [4.78, 5) is 21.1. The lowest BCUT2D eigenvalue weighted by Crippen LogP contribution is -2.47. The van der Waals surface area contributed by atoms with E-state index in [2.05, 4.69) is 46.1 Å². The minimum Gasteiger partial charge on any atom is -0.476 e. The molecular weight excluding hydrogens is 843 g/mol. The van der Waals surface area contributed by atoms with Crippen LogP contribution < -0.4 is 20.1 Å². The van der Waals surface area contributed by atoms with Gasteiger partial charge in [0, 0.05) is 43.8 Å². The van der Waals surface area contributed by atoms with Gasteiger partial charge in [-0.25, -0.2) is 17.8 Å². The molecule has 16 heteroatoms. The van der Waals surface area contributed by atoms with Crippen LogP contribution in [0.3, 0.4) is 0 Å². The molecule has 1 saturated carbocycles. The van der Waals surface area contributed by atoms with Crippen molar-refractivity contribution in [1.82, 2.24) is 20.1 Å². The van der Waals surface area contributed by atoms with E-state index < -0.39 is 21.6 Å². The van der Waals surface area contributed by atoms with Crippen LogP contribution in [-0.2, 0) is 9.84 Å². The number of carbonyl (C=O) groups is 1. The van der Waals surface area contributed by atoms with Crippen molar-refractivity contribution >= 4 is 61.1 Å². The van der Waals surface area contributed by atoms with E-state index in [1.165, 1.54) is 41.1 Å². The first-order valence-electron chi connectivity index (χ1n) is 20.6. The third-order valence-electron chi connectivity index (χ3n) is 12.2. The summed E-state index contributed by atoms with van der Waals surface area (Å²) in [5.41, 5.74) is 10.3. The number of hydrogen-bond acceptors (Lipinski definition) is 10. The molecule has 4 N–H and O–H groups in total. The molecule has 3 aromatic carbocycles. The molecule has 3 aliphatic rings. The Morgan fingerprint density at radius 3 is 2.46 bits per heavy atom. The first-order valence-corrected chi connectivity index (χ1v) is 22.8. The van der Waals surface area contributed by atoms with E-state index in [4.69, 9.17) is 38.4 Å². The van der Waals surface area contributed by atoms with Gasteiger partial charge in [0.2, 0.25) is 15.7 Å². The normalized spacial score (nSPS) is 19.9. The lowest BCUT2D eigenvalue weighted by Gasteiger charge is -2.40. The van der Waals surface area contributed by atoms with E-state index in [1.54, 1.807) is 6.07 Å². The van der Waals surface area contributed by atoms with E-state index >= 15 is 8.42 Å². The zero-order valence-corrected chi connectivity index (χ0v) is 36.4. The Balaban J connectivity index is 1.14. The molecule has 0 radical (unpaired) electrons. The second-order valence-electron chi connectivity index (χ2n) is 17.1. The summed E-state index contributed by atoms with van der Waals surface area (Å²) in [5, 5.41) is 17.6. The summed E-state index contributed by atoms with van der Waals surface area (Å²) >= 11 is 12.9. The number of amides is 1. The number of piperazine rings is 1. The molecule has 3 heterocycles. The number of halogens is 3. The van der Waals surface area contributed by atoms with Gasteiger partial charge in [0.1, 0.15) is 21.5 Å². The number of rotatable bonds is 12. The van der Waals surface area contributed by atoms with Crippen molar-refractivity contribution in [2.45, 2.75) is 74.7 Å². The van der Waals surface area contributed by atoms with E-state index in [9.17, 15) is 14.3 Å². The second-order valence-corrected chi connectivity index (χ2v) is 19.9. The Labute approximate surface area is 364 Å². The summed E-state index contributed by atoms with van der Waals surface area (Å²) in [5.74, 6) is -1.78. The number of carbonyl (C=O) groups excluding carboxylic acids is 1. The van der Waals surface area contributed by atoms with Crippen LogP contribution in [0.25, 0.3) is 16.5 Å². The zero-order chi connectivity index (χ0) is 43.1. The average molecular weight is 892 g/mol. The minimum atomic E-state index is -4.60. The van der Waals surface area contributed by atoms with Gasteiger partial charge in [0.25, 0.3) is 5.91 Å². The maximum atomic E-state index is 15.1. The first kappa shape index (κ1) is 42.9. The maximum absolute atomic E-state index is 15.1. The number of H-pyrrole nitrogens is 1. The van der Waals surface area contributed by atoms with Crippen LogP contribution in [0, 0.1) is 17.2 Å². The number of sulfone groups is 1. The van der Waals surface area contributed by atoms with Crippen LogP contribution in [0.1, 0.15) is 74.7 Å². The summed E-state index contributed by atoms with van der Waals surface area (Å²) in [7, 11) is -4.60. The second kappa shape index (κ2) is 17.6. The molecule has 0 spiro atoms. The average Bonchev–Trinajstić information content (AvgIpc) is 3.71. The number of nitrogens with one attached hydrogen (secondary N) is 1. The van der Waals surface area contributed by atoms with E-state index in [0.29, 0.717) is 61.6 Å². The highest BCUT2D eigenvalue weighted by atomic mass is 35.5. The maximum Gasteiger partial charge on any atom is 0.252 e. The number of aliphatic hydroxyl groups is 1. The Morgan fingerprint density at radius 1 is 1.02 bits per heavy atom. The Morgan fingerprint density at radius 2 is 1.75 bits per heavy atom. The van der Waals surface area contributed by atoms with E-state index in [-0.39, 0.29) is 60.9 Å². The highest BCUT2D eigenvalue weighted by Gasteiger charge is 2.35. The van der Waals surface area contributed by atoms with E-state index in [0.717, 1.165) is 50.9 Å². The predicted molar refractivity (Wildman–Crippen MR) is 234 cm³/mol. The van der Waals surface area contributed by atoms with Crippen LogP contribution in [0.15, 0.2) is 82.4 Å². The summed E-state index contributed by atoms with van der Waals surface area (Å²) in [6.45, 7) is 7.81. The number of aromatic nitrogens is 3. The lowest BCUT2D eigenvalue weighted by atomic mass is 9.72. The smallest absolute Gasteiger partial charge is 0.252 e. The molecule has 0 atom stereocenters. The van der Waals surface area contributed by atoms with Gasteiger partial charge in [-0.2, -0.15) is 5.10 Å². The van der Waals surface area contributed by atoms with Crippen LogP contribution in [-0.4, -0.2) is 84.9 Å². The molecule has 0 unspecified atom stereocenters. The fraction of sp³-hybridized carbons (Fsp3) is 0.400. The minimum absolute atomic E-state index is 0.0239. The zero-order valence-electron chi connectivity index (χ0n) is 34.1. The predicted octanol–water partition coefficient (Wildman–Crippen LogP) is 8.84. The fourth-order valence-electron chi connectivity index (χ4n) is 8.70. The van der Waals surface area contributed by atoms with Crippen LogP contribution in [0.4, 0.5) is 10.1 Å². The molecule has 1 amide bonds. The fourth-order valence-corrected chi connectivity index (χ4v) is 10.7. The van der Waals surface area contributed by atoms with Gasteiger partial charge >= 0.3 is 0 Å².